The van der Waals surface area contributed by atoms with Gasteiger partial charge in [0.2, 0.25) is 5.95 Å². The third-order valence-electron chi connectivity index (χ3n) is 5.24. The number of nitrogens with zero attached hydrogens (tertiary/aromatic N) is 4. The van der Waals surface area contributed by atoms with Gasteiger partial charge in [-0.3, -0.25) is 4.79 Å². The summed E-state index contributed by atoms with van der Waals surface area (Å²) in [4.78, 5) is 37.1. The quantitative estimate of drug-likeness (QED) is 0.472. The van der Waals surface area contributed by atoms with Crippen molar-refractivity contribution in [2.24, 2.45) is 0 Å². The molecular formula is C25H26N4O5. The van der Waals surface area contributed by atoms with Gasteiger partial charge in [0.1, 0.15) is 17.2 Å². The molecule has 3 aromatic rings. The zero-order chi connectivity index (χ0) is 23.8. The second-order valence-corrected chi connectivity index (χ2v) is 7.67. The highest BCUT2D eigenvalue weighted by Gasteiger charge is 2.28. The number of carbonyl (C=O) groups is 2. The Kier molecular flexibility index (Phi) is 7.54. The van der Waals surface area contributed by atoms with Crippen LogP contribution in [0.4, 0.5) is 5.95 Å². The normalized spacial score (nSPS) is 14.3. The first kappa shape index (κ1) is 23.0. The van der Waals surface area contributed by atoms with Crippen LogP contribution in [0.2, 0.25) is 0 Å². The number of carbonyl (C=O) groups excluding carboxylic acids is 2. The van der Waals surface area contributed by atoms with E-state index in [0.717, 1.165) is 5.75 Å². The Morgan fingerprint density at radius 1 is 0.853 bits per heavy atom. The Morgan fingerprint density at radius 3 is 2.15 bits per heavy atom. The van der Waals surface area contributed by atoms with Crippen molar-refractivity contribution < 1.29 is 23.8 Å². The monoisotopic (exact) mass is 462 g/mol. The summed E-state index contributed by atoms with van der Waals surface area (Å²) < 4.78 is 16.5. The van der Waals surface area contributed by atoms with E-state index in [0.29, 0.717) is 43.6 Å². The van der Waals surface area contributed by atoms with E-state index in [9.17, 15) is 9.59 Å². The minimum atomic E-state index is -0.891. The van der Waals surface area contributed by atoms with E-state index < -0.39 is 12.1 Å². The van der Waals surface area contributed by atoms with Crippen LogP contribution in [0.25, 0.3) is 0 Å². The average molecular weight is 463 g/mol. The maximum atomic E-state index is 12.7. The summed E-state index contributed by atoms with van der Waals surface area (Å²) in [5.74, 6) is 1.68. The fraction of sp³-hybridized carbons (Fsp3) is 0.280. The number of aromatic nitrogens is 2. The fourth-order valence-electron chi connectivity index (χ4n) is 3.49. The van der Waals surface area contributed by atoms with E-state index in [1.165, 1.54) is 0 Å². The third kappa shape index (κ3) is 6.22. The van der Waals surface area contributed by atoms with E-state index in [4.69, 9.17) is 14.2 Å². The van der Waals surface area contributed by atoms with Crippen molar-refractivity contribution in [3.63, 3.8) is 0 Å². The molecule has 0 aliphatic carbocycles. The summed E-state index contributed by atoms with van der Waals surface area (Å²) in [6, 6.07) is 18.1. The summed E-state index contributed by atoms with van der Waals surface area (Å²) in [5.41, 5.74) is 0. The lowest BCUT2D eigenvalue weighted by atomic mass is 10.2. The molecule has 1 unspecified atom stereocenters. The Hall–Kier alpha value is -4.14. The third-order valence-corrected chi connectivity index (χ3v) is 5.24. The van der Waals surface area contributed by atoms with Gasteiger partial charge in [-0.2, -0.15) is 0 Å². The number of esters is 1. The molecule has 1 aromatic heterocycles. The highest BCUT2D eigenvalue weighted by atomic mass is 16.6. The maximum Gasteiger partial charge on any atom is 0.344 e. The summed E-state index contributed by atoms with van der Waals surface area (Å²) in [5, 5.41) is 0. The fourth-order valence-corrected chi connectivity index (χ4v) is 3.49. The van der Waals surface area contributed by atoms with Crippen molar-refractivity contribution in [1.82, 2.24) is 14.9 Å². The number of rotatable bonds is 8. The zero-order valence-corrected chi connectivity index (χ0v) is 18.9. The predicted octanol–water partition coefficient (Wildman–Crippen LogP) is 2.93. The van der Waals surface area contributed by atoms with Crippen LogP contribution in [0, 0.1) is 0 Å². The molecule has 9 heteroatoms. The van der Waals surface area contributed by atoms with Crippen LogP contribution < -0.4 is 14.4 Å². The molecule has 2 aromatic carbocycles. The van der Waals surface area contributed by atoms with E-state index >= 15 is 0 Å². The van der Waals surface area contributed by atoms with Crippen LogP contribution in [-0.2, 0) is 14.3 Å². The second-order valence-electron chi connectivity index (χ2n) is 7.67. The number of benzene rings is 2. The molecule has 0 radical (unpaired) electrons. The lowest BCUT2D eigenvalue weighted by Gasteiger charge is -2.35. The van der Waals surface area contributed by atoms with Gasteiger partial charge in [0.05, 0.1) is 0 Å². The van der Waals surface area contributed by atoms with Crippen molar-refractivity contribution >= 4 is 17.8 Å². The minimum absolute atomic E-state index is 0.232. The standard InChI is InChI=1S/C25H26N4O5/c1-19(24(31)28-14-16-29(17-15-28)25-26-12-5-13-27-25)33-23(30)18-32-20-8-10-22(11-9-20)34-21-6-3-2-4-7-21/h2-13,19H,14-18H2,1H3. The first-order valence-electron chi connectivity index (χ1n) is 11.0. The molecule has 1 amide bonds. The average Bonchev–Trinajstić information content (AvgIpc) is 2.89. The number of hydrogen-bond donors (Lipinski definition) is 0. The van der Waals surface area contributed by atoms with Crippen LogP contribution in [0.1, 0.15) is 6.92 Å². The number of piperazine rings is 1. The maximum absolute atomic E-state index is 12.7. The lowest BCUT2D eigenvalue weighted by Crippen LogP contribution is -2.52. The summed E-state index contributed by atoms with van der Waals surface area (Å²) in [6.07, 6.45) is 2.49. The van der Waals surface area contributed by atoms with Gasteiger partial charge >= 0.3 is 5.97 Å². The van der Waals surface area contributed by atoms with Crippen molar-refractivity contribution in [3.8, 4) is 17.2 Å². The van der Waals surface area contributed by atoms with Gasteiger partial charge in [-0.05, 0) is 49.4 Å². The Balaban J connectivity index is 1.19. The van der Waals surface area contributed by atoms with Gasteiger partial charge < -0.3 is 24.0 Å². The minimum Gasteiger partial charge on any atom is -0.482 e. The SMILES string of the molecule is CC(OC(=O)COc1ccc(Oc2ccccc2)cc1)C(=O)N1CCN(c2ncccn2)CC1. The van der Waals surface area contributed by atoms with Gasteiger partial charge in [-0.25, -0.2) is 14.8 Å². The smallest absolute Gasteiger partial charge is 0.344 e. The zero-order valence-electron chi connectivity index (χ0n) is 18.9. The van der Waals surface area contributed by atoms with Crippen molar-refractivity contribution in [3.05, 3.63) is 73.1 Å². The summed E-state index contributed by atoms with van der Waals surface area (Å²) in [7, 11) is 0. The van der Waals surface area contributed by atoms with E-state index in [1.807, 2.05) is 35.2 Å². The molecule has 34 heavy (non-hydrogen) atoms. The van der Waals surface area contributed by atoms with Gasteiger partial charge in [-0.15, -0.1) is 0 Å². The largest absolute Gasteiger partial charge is 0.482 e. The van der Waals surface area contributed by atoms with E-state index in [1.54, 1.807) is 54.5 Å². The van der Waals surface area contributed by atoms with Crippen LogP contribution in [0.5, 0.6) is 17.2 Å². The lowest BCUT2D eigenvalue weighted by molar-refractivity contribution is -0.160. The van der Waals surface area contributed by atoms with Gasteiger partial charge in [0, 0.05) is 38.6 Å². The molecule has 0 saturated carbocycles. The molecule has 1 atom stereocenters. The molecular weight excluding hydrogens is 436 g/mol. The molecule has 0 N–H and O–H groups in total. The van der Waals surface area contributed by atoms with Crippen LogP contribution in [-0.4, -0.2) is 65.6 Å². The van der Waals surface area contributed by atoms with Gasteiger partial charge in [0.15, 0.2) is 12.7 Å². The Labute approximate surface area is 197 Å². The highest BCUT2D eigenvalue weighted by Crippen LogP contribution is 2.23. The molecule has 1 saturated heterocycles. The van der Waals surface area contributed by atoms with Crippen LogP contribution in [0.15, 0.2) is 73.1 Å². The van der Waals surface area contributed by atoms with Crippen molar-refractivity contribution in [1.29, 1.82) is 0 Å². The van der Waals surface area contributed by atoms with Gasteiger partial charge in [0.25, 0.3) is 5.91 Å². The second kappa shape index (κ2) is 11.1. The first-order valence-corrected chi connectivity index (χ1v) is 11.0. The van der Waals surface area contributed by atoms with Crippen molar-refractivity contribution in [2.45, 2.75) is 13.0 Å². The summed E-state index contributed by atoms with van der Waals surface area (Å²) in [6.45, 7) is 3.52. The van der Waals surface area contributed by atoms with Gasteiger partial charge in [-0.1, -0.05) is 18.2 Å². The topological polar surface area (TPSA) is 94.1 Å². The molecule has 1 aliphatic heterocycles. The molecule has 1 aliphatic rings. The highest BCUT2D eigenvalue weighted by molar-refractivity contribution is 5.84. The molecule has 1 fully saturated rings. The molecule has 0 spiro atoms. The predicted molar refractivity (Wildman–Crippen MR) is 125 cm³/mol. The molecule has 0 bridgehead atoms. The first-order chi connectivity index (χ1) is 16.6. The number of amides is 1. The number of hydrogen-bond acceptors (Lipinski definition) is 8. The van der Waals surface area contributed by atoms with E-state index in [2.05, 4.69) is 9.97 Å². The number of anilines is 1. The number of para-hydroxylation sites is 1. The Morgan fingerprint density at radius 2 is 1.47 bits per heavy atom. The molecule has 4 rings (SSSR count). The van der Waals surface area contributed by atoms with Crippen LogP contribution >= 0.6 is 0 Å². The molecule has 2 heterocycles. The summed E-state index contributed by atoms with van der Waals surface area (Å²) >= 11 is 0. The van der Waals surface area contributed by atoms with E-state index in [-0.39, 0.29) is 12.5 Å². The van der Waals surface area contributed by atoms with Crippen molar-refractivity contribution in [2.75, 3.05) is 37.7 Å². The Bertz CT molecular complexity index is 1070. The van der Waals surface area contributed by atoms with Crippen LogP contribution in [0.3, 0.4) is 0 Å². The molecule has 176 valence electrons. The molecule has 9 nitrogen and oxygen atoms in total. The number of ether oxygens (including phenoxy) is 3.